The van der Waals surface area contributed by atoms with Gasteiger partial charge in [-0.15, -0.1) is 0 Å². The molecule has 1 aromatic heterocycles. The summed E-state index contributed by atoms with van der Waals surface area (Å²) in [6, 6.07) is 3.22. The van der Waals surface area contributed by atoms with E-state index in [1.54, 1.807) is 6.07 Å². The number of hydrogen-bond donors (Lipinski definition) is 2. The van der Waals surface area contributed by atoms with Crippen molar-refractivity contribution in [3.8, 4) is 0 Å². The van der Waals surface area contributed by atoms with E-state index in [9.17, 15) is 14.9 Å². The molecule has 0 saturated carbocycles. The second-order valence-corrected chi connectivity index (χ2v) is 6.18. The van der Waals surface area contributed by atoms with Gasteiger partial charge in [-0.3, -0.25) is 9.69 Å². The average Bonchev–Trinajstić information content (AvgIpc) is 3.08. The lowest BCUT2D eigenvalue weighted by Crippen LogP contribution is -2.61. The number of amides is 1. The van der Waals surface area contributed by atoms with Crippen LogP contribution < -0.4 is 11.1 Å². The van der Waals surface area contributed by atoms with Gasteiger partial charge in [-0.1, -0.05) is 0 Å². The first-order valence-corrected chi connectivity index (χ1v) is 7.94. The fourth-order valence-corrected chi connectivity index (χ4v) is 3.85. The highest BCUT2D eigenvalue weighted by molar-refractivity contribution is 5.86. The number of nitrogens with zero attached hydrogens (tertiary/aromatic N) is 3. The van der Waals surface area contributed by atoms with E-state index in [1.807, 2.05) is 0 Å². The molecule has 2 aliphatic heterocycles. The van der Waals surface area contributed by atoms with E-state index in [0.29, 0.717) is 12.0 Å². The fraction of sp³-hybridized carbons (Fsp3) is 0.600. The number of carbonyl (C=O) groups excluding carboxylic acids is 1. The minimum absolute atomic E-state index is 0.224. The Morgan fingerprint density at radius 2 is 2.30 bits per heavy atom. The van der Waals surface area contributed by atoms with Gasteiger partial charge in [0.1, 0.15) is 11.7 Å². The molecule has 2 saturated heterocycles. The molecule has 3 N–H and O–H groups in total. The van der Waals surface area contributed by atoms with Crippen LogP contribution in [0.1, 0.15) is 31.2 Å². The van der Waals surface area contributed by atoms with Crippen molar-refractivity contribution in [2.24, 2.45) is 5.73 Å². The SMILES string of the molecule is NC(=O)C1(c2ccc([N+](=O)[O-])nc2)CCCCN1C1CCNC1. The normalized spacial score (nSPS) is 28.6. The number of carbonyl (C=O) groups is 1. The minimum Gasteiger partial charge on any atom is -0.368 e. The van der Waals surface area contributed by atoms with E-state index in [1.165, 1.54) is 12.3 Å². The number of likely N-dealkylation sites (tertiary alicyclic amines) is 1. The highest BCUT2D eigenvalue weighted by atomic mass is 16.6. The number of pyridine rings is 1. The lowest BCUT2D eigenvalue weighted by Gasteiger charge is -2.47. The Morgan fingerprint density at radius 1 is 1.48 bits per heavy atom. The molecule has 0 aliphatic carbocycles. The van der Waals surface area contributed by atoms with E-state index in [-0.39, 0.29) is 11.9 Å². The number of nitrogens with two attached hydrogens (primary N) is 1. The molecule has 0 spiro atoms. The van der Waals surface area contributed by atoms with Crippen LogP contribution in [0.5, 0.6) is 0 Å². The molecule has 23 heavy (non-hydrogen) atoms. The summed E-state index contributed by atoms with van der Waals surface area (Å²) < 4.78 is 0. The highest BCUT2D eigenvalue weighted by Crippen LogP contribution is 2.40. The van der Waals surface area contributed by atoms with Crippen molar-refractivity contribution in [1.29, 1.82) is 0 Å². The predicted octanol–water partition coefficient (Wildman–Crippen LogP) is 0.518. The number of aromatic nitrogens is 1. The van der Waals surface area contributed by atoms with Crippen LogP contribution in [-0.4, -0.2) is 46.4 Å². The van der Waals surface area contributed by atoms with Crippen LogP contribution in [0, 0.1) is 10.1 Å². The smallest absolute Gasteiger partial charge is 0.363 e. The first-order valence-electron chi connectivity index (χ1n) is 7.94. The number of nitrogens with one attached hydrogen (secondary N) is 1. The number of piperidine rings is 1. The molecule has 0 aromatic carbocycles. The quantitative estimate of drug-likeness (QED) is 0.617. The lowest BCUT2D eigenvalue weighted by atomic mass is 9.79. The van der Waals surface area contributed by atoms with Crippen LogP contribution in [0.25, 0.3) is 0 Å². The molecule has 2 unspecified atom stereocenters. The van der Waals surface area contributed by atoms with Gasteiger partial charge in [-0.05, 0) is 54.7 Å². The summed E-state index contributed by atoms with van der Waals surface area (Å²) >= 11 is 0. The lowest BCUT2D eigenvalue weighted by molar-refractivity contribution is -0.389. The van der Waals surface area contributed by atoms with Gasteiger partial charge in [0, 0.05) is 24.2 Å². The molecule has 0 bridgehead atoms. The van der Waals surface area contributed by atoms with Gasteiger partial charge in [0.25, 0.3) is 0 Å². The van der Waals surface area contributed by atoms with Gasteiger partial charge < -0.3 is 21.2 Å². The first kappa shape index (κ1) is 15.8. The van der Waals surface area contributed by atoms with E-state index in [0.717, 1.165) is 38.9 Å². The van der Waals surface area contributed by atoms with Gasteiger partial charge >= 0.3 is 5.82 Å². The van der Waals surface area contributed by atoms with Crippen molar-refractivity contribution in [2.45, 2.75) is 37.3 Å². The second kappa shape index (κ2) is 6.21. The van der Waals surface area contributed by atoms with Gasteiger partial charge in [-0.25, -0.2) is 0 Å². The summed E-state index contributed by atoms with van der Waals surface area (Å²) in [6.45, 7) is 2.55. The highest BCUT2D eigenvalue weighted by Gasteiger charge is 2.49. The van der Waals surface area contributed by atoms with E-state index >= 15 is 0 Å². The molecule has 1 amide bonds. The predicted molar refractivity (Wildman–Crippen MR) is 83.6 cm³/mol. The van der Waals surface area contributed by atoms with Crippen molar-refractivity contribution >= 4 is 11.7 Å². The van der Waals surface area contributed by atoms with E-state index < -0.39 is 16.4 Å². The standard InChI is InChI=1S/C15H21N5O3/c16-14(21)15(11-3-4-13(18-9-11)20(22)23)6-1-2-8-19(15)12-5-7-17-10-12/h3-4,9,12,17H,1-2,5-8,10H2,(H2,16,21). The third-order valence-corrected chi connectivity index (χ3v) is 4.97. The van der Waals surface area contributed by atoms with Crippen molar-refractivity contribution in [3.63, 3.8) is 0 Å². The molecule has 3 rings (SSSR count). The molecule has 2 fully saturated rings. The van der Waals surface area contributed by atoms with Crippen molar-refractivity contribution in [3.05, 3.63) is 34.0 Å². The maximum absolute atomic E-state index is 12.5. The molecular formula is C15H21N5O3. The zero-order valence-electron chi connectivity index (χ0n) is 12.9. The summed E-state index contributed by atoms with van der Waals surface area (Å²) in [7, 11) is 0. The van der Waals surface area contributed by atoms with Gasteiger partial charge in [-0.2, -0.15) is 0 Å². The van der Waals surface area contributed by atoms with Gasteiger partial charge in [0.2, 0.25) is 5.91 Å². The summed E-state index contributed by atoms with van der Waals surface area (Å²) in [6.07, 6.45) is 4.94. The fourth-order valence-electron chi connectivity index (χ4n) is 3.85. The Hall–Kier alpha value is -2.06. The summed E-state index contributed by atoms with van der Waals surface area (Å²) in [5.74, 6) is -0.627. The molecular weight excluding hydrogens is 298 g/mol. The number of primary amides is 1. The second-order valence-electron chi connectivity index (χ2n) is 6.18. The molecule has 2 aliphatic rings. The summed E-state index contributed by atoms with van der Waals surface area (Å²) in [5, 5.41) is 14.1. The van der Waals surface area contributed by atoms with Crippen LogP contribution in [0.4, 0.5) is 5.82 Å². The van der Waals surface area contributed by atoms with Crippen LogP contribution in [-0.2, 0) is 10.3 Å². The topological polar surface area (TPSA) is 114 Å². The number of rotatable bonds is 4. The third-order valence-electron chi connectivity index (χ3n) is 4.97. The Kier molecular flexibility index (Phi) is 4.27. The van der Waals surface area contributed by atoms with E-state index in [4.69, 9.17) is 5.73 Å². The molecule has 3 heterocycles. The monoisotopic (exact) mass is 319 g/mol. The van der Waals surface area contributed by atoms with Gasteiger partial charge in [0.15, 0.2) is 0 Å². The van der Waals surface area contributed by atoms with Gasteiger partial charge in [0.05, 0.1) is 0 Å². The Bertz CT molecular complexity index is 600. The zero-order valence-corrected chi connectivity index (χ0v) is 12.9. The number of nitro groups is 1. The molecule has 8 heteroatoms. The molecule has 1 aromatic rings. The third kappa shape index (κ3) is 2.68. The minimum atomic E-state index is -0.920. The Labute approximate surface area is 134 Å². The van der Waals surface area contributed by atoms with Crippen LogP contribution >= 0.6 is 0 Å². The van der Waals surface area contributed by atoms with Crippen LogP contribution in [0.2, 0.25) is 0 Å². The molecule has 2 atom stereocenters. The van der Waals surface area contributed by atoms with Crippen LogP contribution in [0.15, 0.2) is 18.3 Å². The molecule has 0 radical (unpaired) electrons. The zero-order chi connectivity index (χ0) is 16.4. The summed E-state index contributed by atoms with van der Waals surface area (Å²) in [5.41, 5.74) is 5.56. The maximum Gasteiger partial charge on any atom is 0.363 e. The van der Waals surface area contributed by atoms with Crippen molar-refractivity contribution in [2.75, 3.05) is 19.6 Å². The Morgan fingerprint density at radius 3 is 2.87 bits per heavy atom. The average molecular weight is 319 g/mol. The largest absolute Gasteiger partial charge is 0.368 e. The van der Waals surface area contributed by atoms with E-state index in [2.05, 4.69) is 15.2 Å². The summed E-state index contributed by atoms with van der Waals surface area (Å²) in [4.78, 5) is 28.8. The van der Waals surface area contributed by atoms with Crippen molar-refractivity contribution < 1.29 is 9.72 Å². The molecule has 124 valence electrons. The Balaban J connectivity index is 2.02. The number of hydrogen-bond acceptors (Lipinski definition) is 6. The molecule has 8 nitrogen and oxygen atoms in total. The maximum atomic E-state index is 12.5. The first-order chi connectivity index (χ1) is 11.1. The van der Waals surface area contributed by atoms with Crippen molar-refractivity contribution in [1.82, 2.24) is 15.2 Å². The van der Waals surface area contributed by atoms with Crippen LogP contribution in [0.3, 0.4) is 0 Å².